The third-order valence-corrected chi connectivity index (χ3v) is 10.4. The summed E-state index contributed by atoms with van der Waals surface area (Å²) in [6, 6.07) is 23.8. The average Bonchev–Trinajstić information content (AvgIpc) is 2.99. The van der Waals surface area contributed by atoms with Crippen molar-refractivity contribution in [1.29, 1.82) is 0 Å². The number of para-hydroxylation sites is 2. The first-order valence-electron chi connectivity index (χ1n) is 15.6. The van der Waals surface area contributed by atoms with Crippen LogP contribution < -0.4 is 20.3 Å². The third-order valence-electron chi connectivity index (χ3n) is 10.4. The number of anilines is 2. The smallest absolute Gasteiger partial charge is 0.319 e. The van der Waals surface area contributed by atoms with E-state index in [4.69, 9.17) is 4.74 Å². The molecule has 0 aromatic heterocycles. The molecule has 3 aromatic rings. The number of amides is 3. The topological polar surface area (TPSA) is 73.9 Å². The quantitative estimate of drug-likeness (QED) is 0.388. The number of piperazine rings is 1. The molecule has 42 heavy (non-hydrogen) atoms. The number of hydrogen-bond donors (Lipinski definition) is 2. The Labute approximate surface area is 247 Å². The Kier molecular flexibility index (Phi) is 6.16. The first-order chi connectivity index (χ1) is 20.5. The molecule has 0 atom stereocenters. The maximum atomic E-state index is 13.9. The molecule has 0 radical (unpaired) electrons. The Bertz CT molecular complexity index is 1430. The number of fused-ring (bicyclic) bond motifs is 2. The Balaban J connectivity index is 0.891. The number of carbonyl (C=O) groups excluding carboxylic acids is 2. The van der Waals surface area contributed by atoms with E-state index in [2.05, 4.69) is 27.7 Å². The number of rotatable bonds is 4. The van der Waals surface area contributed by atoms with E-state index in [1.807, 2.05) is 65.6 Å². The van der Waals surface area contributed by atoms with Crippen LogP contribution in [0.1, 0.15) is 55.6 Å². The number of ether oxygens (including phenoxy) is 1. The van der Waals surface area contributed by atoms with Crippen LogP contribution in [0.2, 0.25) is 0 Å². The summed E-state index contributed by atoms with van der Waals surface area (Å²) < 4.78 is 6.11. The van der Waals surface area contributed by atoms with Crippen molar-refractivity contribution in [3.05, 3.63) is 83.9 Å². The molecule has 0 unspecified atom stereocenters. The van der Waals surface area contributed by atoms with E-state index in [9.17, 15) is 9.59 Å². The summed E-state index contributed by atoms with van der Waals surface area (Å²) in [4.78, 5) is 31.2. The molecule has 2 N–H and O–H groups in total. The summed E-state index contributed by atoms with van der Waals surface area (Å²) in [6.45, 7) is 2.84. The van der Waals surface area contributed by atoms with Crippen LogP contribution in [0.4, 0.5) is 16.2 Å². The number of hydrogen-bond acceptors (Lipinski definition) is 4. The van der Waals surface area contributed by atoms with E-state index in [0.29, 0.717) is 13.1 Å². The molecule has 1 saturated heterocycles. The first-order valence-corrected chi connectivity index (χ1v) is 15.6. The number of carbonyl (C=O) groups is 2. The molecule has 9 rings (SSSR count). The molecular weight excluding hydrogens is 524 g/mol. The predicted molar refractivity (Wildman–Crippen MR) is 163 cm³/mol. The molecular formula is C35H38N4O3. The van der Waals surface area contributed by atoms with E-state index < -0.39 is 0 Å². The van der Waals surface area contributed by atoms with Crippen LogP contribution in [0, 0.1) is 17.8 Å². The molecule has 4 saturated carbocycles. The molecule has 216 valence electrons. The van der Waals surface area contributed by atoms with Crippen LogP contribution in [0.25, 0.3) is 0 Å². The highest BCUT2D eigenvalue weighted by Crippen LogP contribution is 2.55. The minimum Gasteiger partial charge on any atom is -0.457 e. The van der Waals surface area contributed by atoms with E-state index in [1.54, 1.807) is 0 Å². The Morgan fingerprint density at radius 2 is 1.26 bits per heavy atom. The lowest BCUT2D eigenvalue weighted by atomic mass is 9.53. The highest BCUT2D eigenvalue weighted by atomic mass is 16.5. The van der Waals surface area contributed by atoms with Gasteiger partial charge in [-0.15, -0.1) is 0 Å². The zero-order chi connectivity index (χ0) is 28.3. The molecule has 4 aliphatic carbocycles. The number of nitrogens with one attached hydrogen (secondary N) is 2. The molecule has 0 spiro atoms. The lowest BCUT2D eigenvalue weighted by Gasteiger charge is -2.56. The van der Waals surface area contributed by atoms with E-state index in [1.165, 1.54) is 19.3 Å². The van der Waals surface area contributed by atoms with Gasteiger partial charge in [-0.25, -0.2) is 4.79 Å². The van der Waals surface area contributed by atoms with Crippen molar-refractivity contribution in [3.8, 4) is 11.5 Å². The maximum absolute atomic E-state index is 13.9. The zero-order valence-corrected chi connectivity index (χ0v) is 23.9. The summed E-state index contributed by atoms with van der Waals surface area (Å²) in [6.07, 6.45) is 7.53. The fraction of sp³-hybridized carbons (Fsp3) is 0.429. The summed E-state index contributed by atoms with van der Waals surface area (Å²) in [5.74, 6) is 3.69. The third kappa shape index (κ3) is 4.59. The zero-order valence-electron chi connectivity index (χ0n) is 23.9. The average molecular weight is 563 g/mol. The number of benzene rings is 3. The summed E-state index contributed by atoms with van der Waals surface area (Å²) in [7, 11) is 0. The van der Waals surface area contributed by atoms with Gasteiger partial charge >= 0.3 is 6.03 Å². The van der Waals surface area contributed by atoms with Gasteiger partial charge in [0.2, 0.25) is 5.91 Å². The highest BCUT2D eigenvalue weighted by molar-refractivity contribution is 5.91. The van der Waals surface area contributed by atoms with Gasteiger partial charge < -0.3 is 25.2 Å². The minimum atomic E-state index is -0.354. The highest BCUT2D eigenvalue weighted by Gasteiger charge is 2.51. The summed E-state index contributed by atoms with van der Waals surface area (Å²) in [5.41, 5.74) is 3.78. The number of nitrogens with zero attached hydrogens (tertiary/aromatic N) is 2. The molecule has 2 heterocycles. The van der Waals surface area contributed by atoms with E-state index in [0.717, 1.165) is 84.1 Å². The lowest BCUT2D eigenvalue weighted by Crippen LogP contribution is -2.60. The van der Waals surface area contributed by atoms with Gasteiger partial charge in [0.15, 0.2) is 0 Å². The van der Waals surface area contributed by atoms with E-state index in [-0.39, 0.29) is 23.4 Å². The molecule has 6 aliphatic rings. The van der Waals surface area contributed by atoms with Gasteiger partial charge in [-0.05, 0) is 92.7 Å². The molecule has 7 nitrogen and oxygen atoms in total. The first kappa shape index (κ1) is 25.7. The van der Waals surface area contributed by atoms with Gasteiger partial charge in [0.1, 0.15) is 11.5 Å². The fourth-order valence-corrected chi connectivity index (χ4v) is 8.97. The molecule has 3 aromatic carbocycles. The van der Waals surface area contributed by atoms with Crippen LogP contribution in [0.5, 0.6) is 11.5 Å². The van der Waals surface area contributed by atoms with Crippen LogP contribution in [0.3, 0.4) is 0 Å². The lowest BCUT2D eigenvalue weighted by molar-refractivity contribution is -0.132. The van der Waals surface area contributed by atoms with Crippen molar-refractivity contribution in [2.24, 2.45) is 17.8 Å². The van der Waals surface area contributed by atoms with Crippen molar-refractivity contribution in [2.45, 2.75) is 50.0 Å². The molecule has 3 amide bonds. The summed E-state index contributed by atoms with van der Waals surface area (Å²) in [5, 5.41) is 6.49. The normalized spacial score (nSPS) is 27.6. The van der Waals surface area contributed by atoms with Gasteiger partial charge in [-0.3, -0.25) is 4.79 Å². The molecule has 7 heteroatoms. The summed E-state index contributed by atoms with van der Waals surface area (Å²) >= 11 is 0. The van der Waals surface area contributed by atoms with Gasteiger partial charge in [0.05, 0.1) is 5.92 Å². The van der Waals surface area contributed by atoms with Gasteiger partial charge in [0.25, 0.3) is 0 Å². The second kappa shape index (κ2) is 10.1. The molecule has 5 fully saturated rings. The SMILES string of the molecule is O=C(Nc1ccc(N2CCN(C(=O)C3c4ccccc4Oc4ccccc43)CC2)cc1)NC12CC3CC(CC(C3)C1)C2. The van der Waals surface area contributed by atoms with Crippen molar-refractivity contribution in [1.82, 2.24) is 10.2 Å². The minimum absolute atomic E-state index is 0.00465. The van der Waals surface area contributed by atoms with Crippen molar-refractivity contribution in [3.63, 3.8) is 0 Å². The van der Waals surface area contributed by atoms with Crippen molar-refractivity contribution < 1.29 is 14.3 Å². The van der Waals surface area contributed by atoms with Gasteiger partial charge in [0, 0.05) is 54.2 Å². The largest absolute Gasteiger partial charge is 0.457 e. The van der Waals surface area contributed by atoms with Crippen LogP contribution in [-0.4, -0.2) is 48.6 Å². The van der Waals surface area contributed by atoms with Crippen molar-refractivity contribution in [2.75, 3.05) is 36.4 Å². The Morgan fingerprint density at radius 1 is 0.714 bits per heavy atom. The number of urea groups is 1. The van der Waals surface area contributed by atoms with E-state index >= 15 is 0 Å². The maximum Gasteiger partial charge on any atom is 0.319 e. The van der Waals surface area contributed by atoms with Crippen LogP contribution in [-0.2, 0) is 4.79 Å². The second-order valence-electron chi connectivity index (χ2n) is 13.2. The molecule has 2 aliphatic heterocycles. The van der Waals surface area contributed by atoms with Crippen molar-refractivity contribution >= 4 is 23.3 Å². The Morgan fingerprint density at radius 3 is 1.83 bits per heavy atom. The second-order valence-corrected chi connectivity index (χ2v) is 13.2. The van der Waals surface area contributed by atoms with Crippen LogP contribution in [0.15, 0.2) is 72.8 Å². The van der Waals surface area contributed by atoms with Gasteiger partial charge in [-0.2, -0.15) is 0 Å². The monoisotopic (exact) mass is 562 g/mol. The Hall–Kier alpha value is -4.00. The fourth-order valence-electron chi connectivity index (χ4n) is 8.97. The predicted octanol–water partition coefficient (Wildman–Crippen LogP) is 6.36. The van der Waals surface area contributed by atoms with Gasteiger partial charge in [-0.1, -0.05) is 36.4 Å². The van der Waals surface area contributed by atoms with Crippen LogP contribution >= 0.6 is 0 Å². The standard InChI is InChI=1S/C35H38N4O3/c40-33(32-28-5-1-3-7-30(28)42-31-8-4-2-6-29(31)32)39-15-13-38(14-16-39)27-11-9-26(10-12-27)36-34(41)37-35-20-23-17-24(21-35)19-25(18-23)22-35/h1-12,23-25,32H,13-22H2,(H2,36,37,41). The molecule has 4 bridgehead atoms.